The molecule has 0 heterocycles. The van der Waals surface area contributed by atoms with Crippen molar-refractivity contribution in [2.24, 2.45) is 0 Å². The SMILES string of the molecule is O=C(c1ccc(-c2ccccc2)cc1)[C@H](Cl)[C@@H](Cl)c1ccc(Cl)cc1. The van der Waals surface area contributed by atoms with Crippen LogP contribution >= 0.6 is 34.8 Å². The summed E-state index contributed by atoms with van der Waals surface area (Å²) in [5.74, 6) is -0.198. The van der Waals surface area contributed by atoms with E-state index in [4.69, 9.17) is 34.8 Å². The van der Waals surface area contributed by atoms with Crippen LogP contribution in [0.25, 0.3) is 11.1 Å². The number of carbonyl (C=O) groups is 1. The standard InChI is InChI=1S/C21H15Cl3O/c22-18-12-10-16(11-13-18)19(23)20(24)21(25)17-8-6-15(7-9-17)14-4-2-1-3-5-14/h1-13,19-20H/t19-,20+/m0/s1. The quantitative estimate of drug-likeness (QED) is 0.347. The van der Waals surface area contributed by atoms with Crippen molar-refractivity contribution in [3.05, 3.63) is 95.0 Å². The third kappa shape index (κ3) is 4.24. The normalized spacial score (nSPS) is 13.2. The van der Waals surface area contributed by atoms with Gasteiger partial charge in [-0.05, 0) is 28.8 Å². The molecule has 0 unspecified atom stereocenters. The first-order chi connectivity index (χ1) is 12.1. The summed E-state index contributed by atoms with van der Waals surface area (Å²) >= 11 is 18.6. The number of benzene rings is 3. The molecule has 0 aliphatic rings. The zero-order chi connectivity index (χ0) is 17.8. The van der Waals surface area contributed by atoms with Crippen LogP contribution in [0.15, 0.2) is 78.9 Å². The third-order valence-electron chi connectivity index (χ3n) is 3.97. The molecule has 3 aromatic carbocycles. The van der Waals surface area contributed by atoms with E-state index in [0.29, 0.717) is 10.6 Å². The van der Waals surface area contributed by atoms with Gasteiger partial charge in [0.15, 0.2) is 5.78 Å². The number of ketones is 1. The molecule has 0 aromatic heterocycles. The van der Waals surface area contributed by atoms with Crippen LogP contribution in [0.1, 0.15) is 21.3 Å². The summed E-state index contributed by atoms with van der Waals surface area (Å²) in [7, 11) is 0. The molecule has 0 amide bonds. The van der Waals surface area contributed by atoms with Gasteiger partial charge in [-0.3, -0.25) is 4.79 Å². The summed E-state index contributed by atoms with van der Waals surface area (Å²) in [4.78, 5) is 12.6. The topological polar surface area (TPSA) is 17.1 Å². The van der Waals surface area contributed by atoms with Crippen molar-refractivity contribution in [1.82, 2.24) is 0 Å². The van der Waals surface area contributed by atoms with Gasteiger partial charge in [-0.15, -0.1) is 23.2 Å². The zero-order valence-electron chi connectivity index (χ0n) is 13.2. The van der Waals surface area contributed by atoms with Crippen molar-refractivity contribution in [3.63, 3.8) is 0 Å². The molecule has 3 aromatic rings. The second-order valence-corrected chi connectivity index (χ2v) is 7.04. The molecule has 0 aliphatic carbocycles. The molecular weight excluding hydrogens is 375 g/mol. The van der Waals surface area contributed by atoms with Gasteiger partial charge in [-0.1, -0.05) is 78.3 Å². The molecule has 25 heavy (non-hydrogen) atoms. The maximum Gasteiger partial charge on any atom is 0.182 e. The van der Waals surface area contributed by atoms with E-state index >= 15 is 0 Å². The lowest BCUT2D eigenvalue weighted by molar-refractivity contribution is 0.0985. The minimum Gasteiger partial charge on any atom is -0.292 e. The van der Waals surface area contributed by atoms with Crippen molar-refractivity contribution in [3.8, 4) is 11.1 Å². The summed E-state index contributed by atoms with van der Waals surface area (Å²) in [6.07, 6.45) is 0. The maximum absolute atomic E-state index is 12.6. The summed E-state index contributed by atoms with van der Waals surface area (Å²) in [6, 6.07) is 24.4. The lowest BCUT2D eigenvalue weighted by Gasteiger charge is -2.16. The highest BCUT2D eigenvalue weighted by atomic mass is 35.5. The van der Waals surface area contributed by atoms with Crippen LogP contribution < -0.4 is 0 Å². The minimum absolute atomic E-state index is 0.198. The number of hydrogen-bond acceptors (Lipinski definition) is 1. The Labute approximate surface area is 162 Å². The first-order valence-electron chi connectivity index (χ1n) is 7.79. The molecule has 0 radical (unpaired) electrons. The minimum atomic E-state index is -0.856. The van der Waals surface area contributed by atoms with Crippen molar-refractivity contribution >= 4 is 40.6 Å². The van der Waals surface area contributed by atoms with Gasteiger partial charge in [0, 0.05) is 10.6 Å². The van der Waals surface area contributed by atoms with Gasteiger partial charge in [0.05, 0.1) is 5.38 Å². The molecule has 0 bridgehead atoms. The first kappa shape index (κ1) is 18.0. The van der Waals surface area contributed by atoms with E-state index in [1.807, 2.05) is 42.5 Å². The Bertz CT molecular complexity index is 843. The molecule has 0 fully saturated rings. The third-order valence-corrected chi connectivity index (χ3v) is 5.31. The van der Waals surface area contributed by atoms with Crippen LogP contribution in [0, 0.1) is 0 Å². The smallest absolute Gasteiger partial charge is 0.182 e. The molecule has 0 saturated carbocycles. The number of halogens is 3. The highest BCUT2D eigenvalue weighted by Crippen LogP contribution is 2.31. The predicted octanol–water partition coefficient (Wildman–Crippen LogP) is 6.78. The average Bonchev–Trinajstić information content (AvgIpc) is 2.67. The summed E-state index contributed by atoms with van der Waals surface area (Å²) in [6.45, 7) is 0. The molecule has 0 N–H and O–H groups in total. The molecule has 3 rings (SSSR count). The lowest BCUT2D eigenvalue weighted by Crippen LogP contribution is -2.20. The molecule has 0 saturated heterocycles. The van der Waals surface area contributed by atoms with Crippen molar-refractivity contribution in [1.29, 1.82) is 0 Å². The molecule has 1 nitrogen and oxygen atoms in total. The van der Waals surface area contributed by atoms with E-state index in [-0.39, 0.29) is 5.78 Å². The van der Waals surface area contributed by atoms with E-state index < -0.39 is 10.8 Å². The fourth-order valence-corrected chi connectivity index (χ4v) is 3.22. The average molecular weight is 390 g/mol. The van der Waals surface area contributed by atoms with Crippen molar-refractivity contribution in [2.45, 2.75) is 10.8 Å². The monoisotopic (exact) mass is 388 g/mol. The van der Waals surface area contributed by atoms with E-state index in [2.05, 4.69) is 0 Å². The van der Waals surface area contributed by atoms with Gasteiger partial charge in [0.25, 0.3) is 0 Å². The van der Waals surface area contributed by atoms with Crippen LogP contribution in [0.5, 0.6) is 0 Å². The number of rotatable bonds is 5. The number of alkyl halides is 2. The Kier molecular flexibility index (Phi) is 5.80. The fourth-order valence-electron chi connectivity index (χ4n) is 2.57. The first-order valence-corrected chi connectivity index (χ1v) is 9.04. The molecule has 4 heteroatoms. The summed E-state index contributed by atoms with van der Waals surface area (Å²) < 4.78 is 0. The van der Waals surface area contributed by atoms with Gasteiger partial charge in [0.1, 0.15) is 5.38 Å². The van der Waals surface area contributed by atoms with Crippen LogP contribution in [0.4, 0.5) is 0 Å². The largest absolute Gasteiger partial charge is 0.292 e. The van der Waals surface area contributed by atoms with Gasteiger partial charge >= 0.3 is 0 Å². The van der Waals surface area contributed by atoms with Gasteiger partial charge in [0.2, 0.25) is 0 Å². The van der Waals surface area contributed by atoms with E-state index in [0.717, 1.165) is 16.7 Å². The van der Waals surface area contributed by atoms with Gasteiger partial charge in [-0.2, -0.15) is 0 Å². The van der Waals surface area contributed by atoms with Crippen LogP contribution in [0.2, 0.25) is 5.02 Å². The van der Waals surface area contributed by atoms with Crippen molar-refractivity contribution in [2.75, 3.05) is 0 Å². The zero-order valence-corrected chi connectivity index (χ0v) is 15.5. The Balaban J connectivity index is 1.77. The Morgan fingerprint density at radius 1 is 0.720 bits per heavy atom. The van der Waals surface area contributed by atoms with Crippen LogP contribution in [-0.2, 0) is 0 Å². The number of carbonyl (C=O) groups excluding carboxylic acids is 1. The highest BCUT2D eigenvalue weighted by molar-refractivity contribution is 6.39. The van der Waals surface area contributed by atoms with Gasteiger partial charge < -0.3 is 0 Å². The van der Waals surface area contributed by atoms with E-state index in [1.54, 1.807) is 36.4 Å². The molecule has 2 atom stereocenters. The fraction of sp³-hybridized carbons (Fsp3) is 0.0952. The van der Waals surface area contributed by atoms with E-state index in [1.165, 1.54) is 0 Å². The number of hydrogen-bond donors (Lipinski definition) is 0. The molecular formula is C21H15Cl3O. The predicted molar refractivity (Wildman–Crippen MR) is 106 cm³/mol. The Hall–Kier alpha value is -1.80. The molecule has 0 spiro atoms. The van der Waals surface area contributed by atoms with E-state index in [9.17, 15) is 4.79 Å². The molecule has 0 aliphatic heterocycles. The van der Waals surface area contributed by atoms with Gasteiger partial charge in [-0.25, -0.2) is 0 Å². The molecule has 126 valence electrons. The summed E-state index contributed by atoms with van der Waals surface area (Å²) in [5.41, 5.74) is 3.45. The van der Waals surface area contributed by atoms with Crippen LogP contribution in [0.3, 0.4) is 0 Å². The van der Waals surface area contributed by atoms with Crippen molar-refractivity contribution < 1.29 is 4.79 Å². The Morgan fingerprint density at radius 2 is 1.28 bits per heavy atom. The highest BCUT2D eigenvalue weighted by Gasteiger charge is 2.26. The maximum atomic E-state index is 12.6. The van der Waals surface area contributed by atoms with Crippen LogP contribution in [-0.4, -0.2) is 11.2 Å². The number of Topliss-reactive ketones (excluding diaryl/α,β-unsaturated/α-hetero) is 1. The second kappa shape index (κ2) is 8.05. The summed E-state index contributed by atoms with van der Waals surface area (Å²) in [5, 5.41) is -0.868. The second-order valence-electron chi connectivity index (χ2n) is 5.66. The lowest BCUT2D eigenvalue weighted by atomic mass is 9.99. The Morgan fingerprint density at radius 3 is 1.88 bits per heavy atom.